The summed E-state index contributed by atoms with van der Waals surface area (Å²) in [6.45, 7) is 3.10. The zero-order chi connectivity index (χ0) is 15.1. The van der Waals surface area contributed by atoms with Gasteiger partial charge >= 0.3 is 12.1 Å². The summed E-state index contributed by atoms with van der Waals surface area (Å²) in [6, 6.07) is 1.38. The molecule has 0 atom stereocenters. The molecular formula is C12H10F3N3O2. The highest BCUT2D eigenvalue weighted by Gasteiger charge is 2.32. The molecule has 2 aromatic rings. The Morgan fingerprint density at radius 2 is 2.00 bits per heavy atom. The van der Waals surface area contributed by atoms with Crippen LogP contribution in [0.15, 0.2) is 18.5 Å². The van der Waals surface area contributed by atoms with E-state index in [1.807, 2.05) is 0 Å². The maximum Gasteiger partial charge on any atom is 0.419 e. The molecule has 20 heavy (non-hydrogen) atoms. The molecule has 0 aliphatic heterocycles. The van der Waals surface area contributed by atoms with Gasteiger partial charge in [-0.25, -0.2) is 9.48 Å². The van der Waals surface area contributed by atoms with E-state index in [1.165, 1.54) is 13.0 Å². The van der Waals surface area contributed by atoms with E-state index in [-0.39, 0.29) is 16.9 Å². The molecule has 8 heteroatoms. The number of pyridine rings is 1. The summed E-state index contributed by atoms with van der Waals surface area (Å²) in [6.07, 6.45) is -3.13. The lowest BCUT2D eigenvalue weighted by Gasteiger charge is -2.10. The number of aromatic carboxylic acids is 1. The summed E-state index contributed by atoms with van der Waals surface area (Å²) in [5.74, 6) is -1.27. The van der Waals surface area contributed by atoms with Crippen molar-refractivity contribution in [3.63, 3.8) is 0 Å². The van der Waals surface area contributed by atoms with Crippen LogP contribution in [-0.4, -0.2) is 25.8 Å². The van der Waals surface area contributed by atoms with Gasteiger partial charge in [0.2, 0.25) is 0 Å². The summed E-state index contributed by atoms with van der Waals surface area (Å²) >= 11 is 0. The van der Waals surface area contributed by atoms with Gasteiger partial charge in [0.05, 0.1) is 23.1 Å². The van der Waals surface area contributed by atoms with E-state index < -0.39 is 17.7 Å². The fourth-order valence-corrected chi connectivity index (χ4v) is 1.85. The first kappa shape index (κ1) is 14.0. The van der Waals surface area contributed by atoms with Crippen LogP contribution in [0.2, 0.25) is 0 Å². The third-order valence-corrected chi connectivity index (χ3v) is 2.68. The molecule has 0 amide bonds. The van der Waals surface area contributed by atoms with Crippen LogP contribution in [0, 0.1) is 13.8 Å². The van der Waals surface area contributed by atoms with Gasteiger partial charge in [-0.3, -0.25) is 4.98 Å². The molecule has 0 spiro atoms. The fourth-order valence-electron chi connectivity index (χ4n) is 1.85. The maximum absolute atomic E-state index is 12.6. The highest BCUT2D eigenvalue weighted by Crippen LogP contribution is 2.29. The number of carboxylic acids is 1. The molecule has 0 aliphatic carbocycles. The average Bonchev–Trinajstić information content (AvgIpc) is 2.75. The van der Waals surface area contributed by atoms with E-state index in [0.717, 1.165) is 10.9 Å². The van der Waals surface area contributed by atoms with Crippen molar-refractivity contribution in [3.8, 4) is 5.69 Å². The molecule has 0 radical (unpaired) electrons. The monoisotopic (exact) mass is 285 g/mol. The molecule has 0 saturated heterocycles. The third kappa shape index (κ3) is 2.49. The van der Waals surface area contributed by atoms with Gasteiger partial charge in [-0.1, -0.05) is 0 Å². The SMILES string of the molecule is Cc1cc(-n2cc(C(F)(F)F)cn2)c(C(=O)O)c(C)n1. The second kappa shape index (κ2) is 4.62. The van der Waals surface area contributed by atoms with Crippen LogP contribution in [0.5, 0.6) is 0 Å². The van der Waals surface area contributed by atoms with Gasteiger partial charge in [0.25, 0.3) is 0 Å². The molecule has 2 heterocycles. The molecule has 1 N–H and O–H groups in total. The Balaban J connectivity index is 2.63. The number of aromatic nitrogens is 3. The number of carbonyl (C=O) groups is 1. The lowest BCUT2D eigenvalue weighted by molar-refractivity contribution is -0.137. The van der Waals surface area contributed by atoms with Crippen molar-refractivity contribution >= 4 is 5.97 Å². The molecule has 0 bridgehead atoms. The van der Waals surface area contributed by atoms with Crippen molar-refractivity contribution in [1.82, 2.24) is 14.8 Å². The molecule has 0 aromatic carbocycles. The molecule has 0 fully saturated rings. The fraction of sp³-hybridized carbons (Fsp3) is 0.250. The number of halogens is 3. The topological polar surface area (TPSA) is 68.0 Å². The number of alkyl halides is 3. The van der Waals surface area contributed by atoms with E-state index >= 15 is 0 Å². The number of hydrogen-bond acceptors (Lipinski definition) is 3. The Bertz CT molecular complexity index is 677. The van der Waals surface area contributed by atoms with Crippen LogP contribution in [0.4, 0.5) is 13.2 Å². The molecule has 0 saturated carbocycles. The van der Waals surface area contributed by atoms with Gasteiger partial charge in [-0.2, -0.15) is 18.3 Å². The van der Waals surface area contributed by atoms with Crippen LogP contribution < -0.4 is 0 Å². The summed E-state index contributed by atoms with van der Waals surface area (Å²) < 4.78 is 38.6. The first-order valence-corrected chi connectivity index (χ1v) is 5.54. The number of hydrogen-bond donors (Lipinski definition) is 1. The summed E-state index contributed by atoms with van der Waals surface area (Å²) in [7, 11) is 0. The second-order valence-electron chi connectivity index (χ2n) is 4.22. The smallest absolute Gasteiger partial charge is 0.419 e. The maximum atomic E-state index is 12.6. The largest absolute Gasteiger partial charge is 0.478 e. The van der Waals surface area contributed by atoms with Crippen LogP contribution in [0.3, 0.4) is 0 Å². The van der Waals surface area contributed by atoms with Crippen LogP contribution in [-0.2, 0) is 6.18 Å². The standard InChI is InChI=1S/C12H10F3N3O2/c1-6-3-9(10(11(19)20)7(2)17-6)18-5-8(4-16-18)12(13,14)15/h3-5H,1-2H3,(H,19,20). The number of aryl methyl sites for hydroxylation is 2. The normalized spacial score (nSPS) is 11.7. The predicted molar refractivity (Wildman–Crippen MR) is 62.8 cm³/mol. The Kier molecular flexibility index (Phi) is 3.24. The summed E-state index contributed by atoms with van der Waals surface area (Å²) in [5, 5.41) is 12.7. The minimum atomic E-state index is -4.53. The average molecular weight is 285 g/mol. The van der Waals surface area contributed by atoms with E-state index in [2.05, 4.69) is 10.1 Å². The number of nitrogens with zero attached hydrogens (tertiary/aromatic N) is 3. The van der Waals surface area contributed by atoms with Gasteiger partial charge in [-0.15, -0.1) is 0 Å². The summed E-state index contributed by atoms with van der Waals surface area (Å²) in [5.41, 5.74) is -0.352. The van der Waals surface area contributed by atoms with Crippen LogP contribution >= 0.6 is 0 Å². The van der Waals surface area contributed by atoms with E-state index in [9.17, 15) is 18.0 Å². The van der Waals surface area contributed by atoms with Crippen molar-refractivity contribution < 1.29 is 23.1 Å². The van der Waals surface area contributed by atoms with Crippen molar-refractivity contribution in [2.24, 2.45) is 0 Å². The van der Waals surface area contributed by atoms with Gasteiger partial charge in [0.1, 0.15) is 5.56 Å². The first-order chi connectivity index (χ1) is 9.20. The van der Waals surface area contributed by atoms with Crippen molar-refractivity contribution in [2.75, 3.05) is 0 Å². The Morgan fingerprint density at radius 1 is 1.35 bits per heavy atom. The zero-order valence-electron chi connectivity index (χ0n) is 10.6. The third-order valence-electron chi connectivity index (χ3n) is 2.68. The minimum Gasteiger partial charge on any atom is -0.478 e. The van der Waals surface area contributed by atoms with Crippen LogP contribution in [0.25, 0.3) is 5.69 Å². The zero-order valence-corrected chi connectivity index (χ0v) is 10.6. The summed E-state index contributed by atoms with van der Waals surface area (Å²) in [4.78, 5) is 15.2. The second-order valence-corrected chi connectivity index (χ2v) is 4.22. The van der Waals surface area contributed by atoms with E-state index in [4.69, 9.17) is 5.11 Å². The number of rotatable bonds is 2. The predicted octanol–water partition coefficient (Wildman–Crippen LogP) is 2.60. The van der Waals surface area contributed by atoms with Gasteiger partial charge in [0.15, 0.2) is 0 Å². The highest BCUT2D eigenvalue weighted by molar-refractivity contribution is 5.93. The lowest BCUT2D eigenvalue weighted by Crippen LogP contribution is -2.11. The number of carboxylic acid groups (broad SMARTS) is 1. The van der Waals surface area contributed by atoms with Gasteiger partial charge in [-0.05, 0) is 19.9 Å². The molecule has 5 nitrogen and oxygen atoms in total. The Labute approximate surface area is 111 Å². The van der Waals surface area contributed by atoms with Crippen molar-refractivity contribution in [3.05, 3.63) is 41.0 Å². The Morgan fingerprint density at radius 3 is 2.50 bits per heavy atom. The molecule has 2 aromatic heterocycles. The molecule has 0 unspecified atom stereocenters. The molecule has 0 aliphatic rings. The minimum absolute atomic E-state index is 0.0537. The molecule has 106 valence electrons. The van der Waals surface area contributed by atoms with Crippen LogP contribution in [0.1, 0.15) is 27.3 Å². The van der Waals surface area contributed by atoms with Crippen molar-refractivity contribution in [1.29, 1.82) is 0 Å². The van der Waals surface area contributed by atoms with E-state index in [0.29, 0.717) is 11.9 Å². The highest BCUT2D eigenvalue weighted by atomic mass is 19.4. The molecular weight excluding hydrogens is 275 g/mol. The van der Waals surface area contributed by atoms with Gasteiger partial charge < -0.3 is 5.11 Å². The van der Waals surface area contributed by atoms with E-state index in [1.54, 1.807) is 6.92 Å². The quantitative estimate of drug-likeness (QED) is 0.921. The first-order valence-electron chi connectivity index (χ1n) is 5.54. The Hall–Kier alpha value is -2.38. The lowest BCUT2D eigenvalue weighted by atomic mass is 10.1. The molecule has 2 rings (SSSR count). The van der Waals surface area contributed by atoms with Crippen molar-refractivity contribution in [2.45, 2.75) is 20.0 Å². The van der Waals surface area contributed by atoms with Gasteiger partial charge in [0, 0.05) is 11.9 Å².